The van der Waals surface area contributed by atoms with Crippen molar-refractivity contribution in [2.24, 2.45) is 0 Å². The van der Waals surface area contributed by atoms with Crippen molar-refractivity contribution in [1.29, 1.82) is 0 Å². The van der Waals surface area contributed by atoms with E-state index < -0.39 is 35.8 Å². The van der Waals surface area contributed by atoms with Crippen molar-refractivity contribution in [1.82, 2.24) is 10.2 Å². The molecule has 0 saturated carbocycles. The number of rotatable bonds is 6. The summed E-state index contributed by atoms with van der Waals surface area (Å²) in [6, 6.07) is 6.31. The maximum absolute atomic E-state index is 12.2. The van der Waals surface area contributed by atoms with Gasteiger partial charge in [0.05, 0.1) is 11.1 Å². The van der Waals surface area contributed by atoms with Gasteiger partial charge in [0.15, 0.2) is 0 Å². The van der Waals surface area contributed by atoms with Gasteiger partial charge in [-0.2, -0.15) is 0 Å². The highest BCUT2D eigenvalue weighted by Crippen LogP contribution is 2.22. The number of amides is 3. The Kier molecular flexibility index (Phi) is 4.49. The van der Waals surface area contributed by atoms with E-state index in [1.165, 1.54) is 19.1 Å². The van der Waals surface area contributed by atoms with Crippen LogP contribution in [0.4, 0.5) is 0 Å². The molecule has 2 N–H and O–H groups in total. The van der Waals surface area contributed by atoms with Crippen LogP contribution >= 0.6 is 0 Å². The van der Waals surface area contributed by atoms with Crippen LogP contribution in [-0.4, -0.2) is 45.8 Å². The van der Waals surface area contributed by atoms with Gasteiger partial charge in [0.1, 0.15) is 12.1 Å². The number of carboxylic acids is 1. The topological polar surface area (TPSA) is 104 Å². The average molecular weight is 318 g/mol. The van der Waals surface area contributed by atoms with Crippen LogP contribution in [0, 0.1) is 0 Å². The average Bonchev–Trinajstić information content (AvgIpc) is 2.73. The molecule has 0 fully saturated rings. The normalized spacial score (nSPS) is 16.0. The number of hydrogen-bond donors (Lipinski definition) is 2. The molecule has 1 heterocycles. The predicted octanol–water partition coefficient (Wildman–Crippen LogP) is 1.04. The maximum Gasteiger partial charge on any atom is 0.329 e. The molecule has 0 radical (unpaired) electrons. The number of aliphatic carboxylic acids is 1. The van der Waals surface area contributed by atoms with Crippen LogP contribution < -0.4 is 5.32 Å². The molecule has 0 bridgehead atoms. The molecule has 1 atom stereocenters. The Balaban J connectivity index is 2.11. The highest BCUT2D eigenvalue weighted by Gasteiger charge is 2.39. The zero-order valence-corrected chi connectivity index (χ0v) is 13.0. The SMILES string of the molecule is CCCC(C)(NC(=O)CN1C(=O)c2ccccc2C1=O)C(=O)O. The molecular weight excluding hydrogens is 300 g/mol. The van der Waals surface area contributed by atoms with Gasteiger partial charge in [0, 0.05) is 0 Å². The van der Waals surface area contributed by atoms with Crippen LogP contribution in [0.2, 0.25) is 0 Å². The Morgan fingerprint density at radius 1 is 1.17 bits per heavy atom. The van der Waals surface area contributed by atoms with Crippen molar-refractivity contribution in [3.8, 4) is 0 Å². The van der Waals surface area contributed by atoms with Crippen LogP contribution in [0.5, 0.6) is 0 Å². The van der Waals surface area contributed by atoms with E-state index in [9.17, 15) is 24.3 Å². The van der Waals surface area contributed by atoms with Crippen molar-refractivity contribution in [3.63, 3.8) is 0 Å². The smallest absolute Gasteiger partial charge is 0.329 e. The molecule has 1 aliphatic heterocycles. The van der Waals surface area contributed by atoms with Gasteiger partial charge in [-0.05, 0) is 25.5 Å². The first-order valence-corrected chi connectivity index (χ1v) is 7.30. The number of nitrogens with one attached hydrogen (secondary N) is 1. The summed E-state index contributed by atoms with van der Waals surface area (Å²) in [6.07, 6.45) is 0.812. The maximum atomic E-state index is 12.2. The van der Waals surface area contributed by atoms with E-state index in [2.05, 4.69) is 5.32 Å². The second kappa shape index (κ2) is 6.20. The third-order valence-electron chi connectivity index (χ3n) is 3.82. The van der Waals surface area contributed by atoms with Crippen LogP contribution in [-0.2, 0) is 9.59 Å². The van der Waals surface area contributed by atoms with Gasteiger partial charge < -0.3 is 10.4 Å². The minimum atomic E-state index is -1.43. The van der Waals surface area contributed by atoms with E-state index in [1.807, 2.05) is 0 Å². The summed E-state index contributed by atoms with van der Waals surface area (Å²) in [5.41, 5.74) is -0.926. The first kappa shape index (κ1) is 16.7. The Labute approximate surface area is 133 Å². The van der Waals surface area contributed by atoms with Gasteiger partial charge in [-0.1, -0.05) is 25.5 Å². The Morgan fingerprint density at radius 2 is 1.70 bits per heavy atom. The number of nitrogens with zero attached hydrogens (tertiary/aromatic N) is 1. The van der Waals surface area contributed by atoms with Gasteiger partial charge >= 0.3 is 5.97 Å². The van der Waals surface area contributed by atoms with Crippen LogP contribution in [0.1, 0.15) is 47.4 Å². The van der Waals surface area contributed by atoms with Crippen molar-refractivity contribution in [3.05, 3.63) is 35.4 Å². The molecule has 2 rings (SSSR count). The third kappa shape index (κ3) is 3.08. The number of carboxylic acid groups (broad SMARTS) is 1. The van der Waals surface area contributed by atoms with Gasteiger partial charge in [0.25, 0.3) is 11.8 Å². The Hall–Kier alpha value is -2.70. The number of hydrogen-bond acceptors (Lipinski definition) is 4. The lowest BCUT2D eigenvalue weighted by molar-refractivity contribution is -0.147. The molecule has 7 nitrogen and oxygen atoms in total. The Morgan fingerprint density at radius 3 is 2.13 bits per heavy atom. The molecule has 7 heteroatoms. The van der Waals surface area contributed by atoms with Crippen molar-refractivity contribution >= 4 is 23.7 Å². The molecule has 0 spiro atoms. The molecule has 0 saturated heterocycles. The van der Waals surface area contributed by atoms with Gasteiger partial charge in [-0.15, -0.1) is 0 Å². The summed E-state index contributed by atoms with van der Waals surface area (Å²) < 4.78 is 0. The lowest BCUT2D eigenvalue weighted by Crippen LogP contribution is -2.54. The van der Waals surface area contributed by atoms with Crippen LogP contribution in [0.15, 0.2) is 24.3 Å². The number of benzene rings is 1. The van der Waals surface area contributed by atoms with Crippen LogP contribution in [0.3, 0.4) is 0 Å². The zero-order valence-electron chi connectivity index (χ0n) is 13.0. The van der Waals surface area contributed by atoms with E-state index in [4.69, 9.17) is 0 Å². The summed E-state index contributed by atoms with van der Waals surface area (Å²) in [6.45, 7) is 2.70. The summed E-state index contributed by atoms with van der Waals surface area (Å²) in [5, 5.41) is 11.7. The number of carbonyl (C=O) groups is 4. The number of imide groups is 1. The summed E-state index contributed by atoms with van der Waals surface area (Å²) in [7, 11) is 0. The molecular formula is C16H18N2O5. The molecule has 3 amide bonds. The second-order valence-electron chi connectivity index (χ2n) is 5.68. The number of fused-ring (bicyclic) bond motifs is 1. The van der Waals surface area contributed by atoms with E-state index in [1.54, 1.807) is 19.1 Å². The molecule has 1 aromatic carbocycles. The van der Waals surface area contributed by atoms with Crippen molar-refractivity contribution in [2.45, 2.75) is 32.2 Å². The highest BCUT2D eigenvalue weighted by atomic mass is 16.4. The van der Waals surface area contributed by atoms with Crippen LogP contribution in [0.25, 0.3) is 0 Å². The molecule has 23 heavy (non-hydrogen) atoms. The van der Waals surface area contributed by atoms with E-state index in [0.717, 1.165) is 4.90 Å². The zero-order chi connectivity index (χ0) is 17.2. The third-order valence-corrected chi connectivity index (χ3v) is 3.82. The first-order chi connectivity index (χ1) is 10.8. The van der Waals surface area contributed by atoms with E-state index in [0.29, 0.717) is 6.42 Å². The lowest BCUT2D eigenvalue weighted by Gasteiger charge is -2.26. The van der Waals surface area contributed by atoms with Crippen molar-refractivity contribution in [2.75, 3.05) is 6.54 Å². The minimum Gasteiger partial charge on any atom is -0.480 e. The number of carbonyl (C=O) groups excluding carboxylic acids is 3. The van der Waals surface area contributed by atoms with Gasteiger partial charge in [-0.3, -0.25) is 19.3 Å². The second-order valence-corrected chi connectivity index (χ2v) is 5.68. The van der Waals surface area contributed by atoms with Gasteiger partial charge in [0.2, 0.25) is 5.91 Å². The van der Waals surface area contributed by atoms with E-state index >= 15 is 0 Å². The Bertz CT molecular complexity index is 650. The molecule has 1 aromatic rings. The first-order valence-electron chi connectivity index (χ1n) is 7.30. The standard InChI is InChI=1S/C16H18N2O5/c1-3-8-16(2,15(22)23)17-12(19)9-18-13(20)10-6-4-5-7-11(10)14(18)21/h4-7H,3,8-9H2,1-2H3,(H,17,19)(H,22,23). The highest BCUT2D eigenvalue weighted by molar-refractivity contribution is 6.22. The fourth-order valence-corrected chi connectivity index (χ4v) is 2.60. The molecule has 0 aromatic heterocycles. The monoisotopic (exact) mass is 318 g/mol. The summed E-state index contributed by atoms with van der Waals surface area (Å²) >= 11 is 0. The predicted molar refractivity (Wildman–Crippen MR) is 80.9 cm³/mol. The molecule has 0 aliphatic carbocycles. The van der Waals surface area contributed by atoms with E-state index in [-0.39, 0.29) is 17.5 Å². The molecule has 122 valence electrons. The van der Waals surface area contributed by atoms with Crippen molar-refractivity contribution < 1.29 is 24.3 Å². The molecule has 1 unspecified atom stereocenters. The fourth-order valence-electron chi connectivity index (χ4n) is 2.60. The lowest BCUT2D eigenvalue weighted by atomic mass is 9.96. The molecule has 1 aliphatic rings. The largest absolute Gasteiger partial charge is 0.480 e. The van der Waals surface area contributed by atoms with Gasteiger partial charge in [-0.25, -0.2) is 4.79 Å². The fraction of sp³-hybridized carbons (Fsp3) is 0.375. The quantitative estimate of drug-likeness (QED) is 0.763. The summed E-state index contributed by atoms with van der Waals surface area (Å²) in [5.74, 6) is -2.94. The minimum absolute atomic E-state index is 0.246. The summed E-state index contributed by atoms with van der Waals surface area (Å²) in [4.78, 5) is 48.6.